The van der Waals surface area contributed by atoms with Gasteiger partial charge in [-0.25, -0.2) is 0 Å². The third kappa shape index (κ3) is 7.41. The van der Waals surface area contributed by atoms with E-state index in [1.165, 1.54) is 33.5 Å². The molecule has 246 valence electrons. The van der Waals surface area contributed by atoms with Crippen LogP contribution in [-0.2, 0) is 6.42 Å². The van der Waals surface area contributed by atoms with Crippen molar-refractivity contribution in [1.29, 1.82) is 0 Å². The zero-order valence-electron chi connectivity index (χ0n) is 28.5. The molecule has 3 aliphatic rings. The normalized spacial score (nSPS) is 17.3. The molecule has 2 heteroatoms. The zero-order valence-corrected chi connectivity index (χ0v) is 28.5. The number of fused-ring (bicyclic) bond motifs is 1. The van der Waals surface area contributed by atoms with Gasteiger partial charge < -0.3 is 9.32 Å². The average molecular weight is 650 g/mol. The molecule has 1 unspecified atom stereocenters. The molecule has 4 aromatic rings. The minimum Gasteiger partial charge on any atom is -0.460 e. The van der Waals surface area contributed by atoms with E-state index in [1.54, 1.807) is 6.08 Å². The van der Waals surface area contributed by atoms with E-state index in [-0.39, 0.29) is 0 Å². The molecule has 0 fully saturated rings. The fraction of sp³-hybridized carbons (Fsp3) is 0.125. The van der Waals surface area contributed by atoms with Crippen LogP contribution in [0.3, 0.4) is 0 Å². The maximum Gasteiger partial charge on any atom is 0.135 e. The summed E-state index contributed by atoms with van der Waals surface area (Å²) >= 11 is 0. The number of aryl methyl sites for hydroxylation is 1. The van der Waals surface area contributed by atoms with Crippen molar-refractivity contribution in [2.75, 3.05) is 4.90 Å². The summed E-state index contributed by atoms with van der Waals surface area (Å²) < 4.78 is 6.35. The SMILES string of the molecule is C=C/C=C\C=C\C1C=CC(c2ccc(N(C3=CC=C(c4ccccc4)CC3)c3ccc(/C(=C/C=C)c4cc5c(o4)CCC=C5)cc3)cc2)=CC1. The number of anilines is 2. The van der Waals surface area contributed by atoms with E-state index >= 15 is 0 Å². The molecular weight excluding hydrogens is 607 g/mol. The van der Waals surface area contributed by atoms with Crippen molar-refractivity contribution >= 4 is 34.2 Å². The van der Waals surface area contributed by atoms with Gasteiger partial charge in [-0.05, 0) is 95.8 Å². The molecular formula is C48H43NO. The van der Waals surface area contributed by atoms with Crippen molar-refractivity contribution in [2.45, 2.75) is 32.1 Å². The predicted octanol–water partition coefficient (Wildman–Crippen LogP) is 13.0. The molecule has 0 bridgehead atoms. The fourth-order valence-corrected chi connectivity index (χ4v) is 6.90. The predicted molar refractivity (Wildman–Crippen MR) is 214 cm³/mol. The first kappa shape index (κ1) is 32.7. The quantitative estimate of drug-likeness (QED) is 0.150. The van der Waals surface area contributed by atoms with Crippen molar-refractivity contribution in [2.24, 2.45) is 5.92 Å². The lowest BCUT2D eigenvalue weighted by atomic mass is 9.92. The van der Waals surface area contributed by atoms with Crippen molar-refractivity contribution in [1.82, 2.24) is 0 Å². The summed E-state index contributed by atoms with van der Waals surface area (Å²) in [6, 6.07) is 30.7. The van der Waals surface area contributed by atoms with E-state index in [0.29, 0.717) is 5.92 Å². The minimum atomic E-state index is 0.412. The second-order valence-corrected chi connectivity index (χ2v) is 12.8. The van der Waals surface area contributed by atoms with E-state index in [0.717, 1.165) is 66.1 Å². The molecule has 1 aromatic heterocycles. The van der Waals surface area contributed by atoms with Crippen LogP contribution < -0.4 is 4.90 Å². The van der Waals surface area contributed by atoms with Crippen LogP contribution in [0.25, 0.3) is 22.8 Å². The Hall–Kier alpha value is -5.86. The van der Waals surface area contributed by atoms with Gasteiger partial charge in [-0.15, -0.1) is 0 Å². The first-order valence-corrected chi connectivity index (χ1v) is 17.6. The van der Waals surface area contributed by atoms with Crippen LogP contribution >= 0.6 is 0 Å². The summed E-state index contributed by atoms with van der Waals surface area (Å²) in [6.07, 6.45) is 34.7. The topological polar surface area (TPSA) is 16.4 Å². The van der Waals surface area contributed by atoms with Crippen molar-refractivity contribution in [3.8, 4) is 0 Å². The smallest absolute Gasteiger partial charge is 0.135 e. The highest BCUT2D eigenvalue weighted by molar-refractivity contribution is 5.82. The number of allylic oxidation sites excluding steroid dienone is 16. The zero-order chi connectivity index (χ0) is 34.1. The van der Waals surface area contributed by atoms with Gasteiger partial charge in [-0.2, -0.15) is 0 Å². The molecule has 0 aliphatic heterocycles. The van der Waals surface area contributed by atoms with Crippen molar-refractivity contribution < 1.29 is 4.42 Å². The molecule has 2 nitrogen and oxygen atoms in total. The van der Waals surface area contributed by atoms with Crippen molar-refractivity contribution in [3.63, 3.8) is 0 Å². The summed E-state index contributed by atoms with van der Waals surface area (Å²) in [4.78, 5) is 2.40. The summed E-state index contributed by atoms with van der Waals surface area (Å²) in [5.41, 5.74) is 12.0. The molecule has 3 aliphatic carbocycles. The molecule has 50 heavy (non-hydrogen) atoms. The van der Waals surface area contributed by atoms with E-state index < -0.39 is 0 Å². The van der Waals surface area contributed by atoms with Crippen LogP contribution in [0.1, 0.15) is 59.5 Å². The van der Waals surface area contributed by atoms with Crippen molar-refractivity contribution in [3.05, 3.63) is 217 Å². The van der Waals surface area contributed by atoms with Gasteiger partial charge in [-0.3, -0.25) is 0 Å². The Labute approximate surface area is 297 Å². The Morgan fingerprint density at radius 1 is 0.760 bits per heavy atom. The molecule has 0 amide bonds. The number of nitrogens with zero attached hydrogens (tertiary/aromatic N) is 1. The Morgan fingerprint density at radius 3 is 2.24 bits per heavy atom. The monoisotopic (exact) mass is 649 g/mol. The van der Waals surface area contributed by atoms with Gasteiger partial charge in [0, 0.05) is 34.6 Å². The fourth-order valence-electron chi connectivity index (χ4n) is 6.90. The second-order valence-electron chi connectivity index (χ2n) is 12.8. The van der Waals surface area contributed by atoms with Gasteiger partial charge >= 0.3 is 0 Å². The van der Waals surface area contributed by atoms with Gasteiger partial charge in [0.1, 0.15) is 11.5 Å². The highest BCUT2D eigenvalue weighted by Gasteiger charge is 2.20. The molecule has 0 N–H and O–H groups in total. The average Bonchev–Trinajstić information content (AvgIpc) is 3.61. The van der Waals surface area contributed by atoms with Gasteiger partial charge in [0.15, 0.2) is 0 Å². The van der Waals surface area contributed by atoms with Gasteiger partial charge in [-0.1, -0.05) is 147 Å². The molecule has 1 heterocycles. The lowest BCUT2D eigenvalue weighted by Gasteiger charge is -2.30. The first-order chi connectivity index (χ1) is 24.7. The maximum atomic E-state index is 6.35. The Morgan fingerprint density at radius 2 is 1.56 bits per heavy atom. The standard InChI is InChI=1S/C48H43NO/c1-3-5-6-8-14-36-19-21-38(22-20-36)40-25-31-44(32-26-40)49(43-29-23-39(24-30-43)37-15-9-7-10-16-37)45-33-27-41(28-34-45)46(13-4-2)48-35-42-17-11-12-18-47(42)50-48/h3-11,13-17,19,21-23,25-29,31-36H,1-2,12,18,20,24,30H2/b6-5-,14-8+,46-13-. The largest absolute Gasteiger partial charge is 0.460 e. The summed E-state index contributed by atoms with van der Waals surface area (Å²) in [7, 11) is 0. The molecule has 0 radical (unpaired) electrons. The Kier molecular flexibility index (Phi) is 10.2. The lowest BCUT2D eigenvalue weighted by molar-refractivity contribution is 0.497. The number of hydrogen-bond donors (Lipinski definition) is 0. The third-order valence-electron chi connectivity index (χ3n) is 9.53. The maximum absolute atomic E-state index is 6.35. The highest BCUT2D eigenvalue weighted by atomic mass is 16.3. The van der Waals surface area contributed by atoms with Crippen LogP contribution in [0, 0.1) is 5.92 Å². The van der Waals surface area contributed by atoms with Crippen LogP contribution in [0.2, 0.25) is 0 Å². The Balaban J connectivity index is 1.18. The summed E-state index contributed by atoms with van der Waals surface area (Å²) in [5, 5.41) is 0. The second kappa shape index (κ2) is 15.6. The molecule has 3 aromatic carbocycles. The third-order valence-corrected chi connectivity index (χ3v) is 9.53. The first-order valence-electron chi connectivity index (χ1n) is 17.6. The van der Waals surface area contributed by atoms with Crippen LogP contribution in [0.15, 0.2) is 187 Å². The minimum absolute atomic E-state index is 0.412. The molecule has 0 saturated heterocycles. The molecule has 0 saturated carbocycles. The number of hydrogen-bond acceptors (Lipinski definition) is 2. The van der Waals surface area contributed by atoms with Gasteiger partial charge in [0.25, 0.3) is 0 Å². The summed E-state index contributed by atoms with van der Waals surface area (Å²) in [6.45, 7) is 7.74. The Bertz CT molecular complexity index is 2090. The molecule has 7 rings (SSSR count). The summed E-state index contributed by atoms with van der Waals surface area (Å²) in [5.74, 6) is 2.35. The van der Waals surface area contributed by atoms with E-state index in [2.05, 4.69) is 158 Å². The van der Waals surface area contributed by atoms with E-state index in [4.69, 9.17) is 4.42 Å². The lowest BCUT2D eigenvalue weighted by Crippen LogP contribution is -2.18. The van der Waals surface area contributed by atoms with E-state index in [1.807, 2.05) is 24.3 Å². The number of furan rings is 1. The van der Waals surface area contributed by atoms with Gasteiger partial charge in [0.05, 0.1) is 0 Å². The molecule has 0 spiro atoms. The number of rotatable bonds is 11. The highest BCUT2D eigenvalue weighted by Crippen LogP contribution is 2.38. The molecule has 1 atom stereocenters. The van der Waals surface area contributed by atoms with Crippen LogP contribution in [-0.4, -0.2) is 0 Å². The van der Waals surface area contributed by atoms with Crippen LogP contribution in [0.4, 0.5) is 11.4 Å². The van der Waals surface area contributed by atoms with E-state index in [9.17, 15) is 0 Å². The number of benzene rings is 3. The van der Waals surface area contributed by atoms with Crippen LogP contribution in [0.5, 0.6) is 0 Å². The van der Waals surface area contributed by atoms with Gasteiger partial charge in [0.2, 0.25) is 0 Å².